The van der Waals surface area contributed by atoms with Crippen LogP contribution in [0.25, 0.3) is 0 Å². The van der Waals surface area contributed by atoms with Crippen molar-refractivity contribution in [2.24, 2.45) is 5.41 Å². The molecule has 338 valence electrons. The van der Waals surface area contributed by atoms with Crippen LogP contribution in [-0.4, -0.2) is 74.6 Å². The molecule has 0 aliphatic carbocycles. The van der Waals surface area contributed by atoms with Crippen molar-refractivity contribution in [2.75, 3.05) is 39.6 Å². The van der Waals surface area contributed by atoms with Crippen LogP contribution in [0.3, 0.4) is 0 Å². The summed E-state index contributed by atoms with van der Waals surface area (Å²) in [7, 11) is 0. The normalized spacial score (nSPS) is 10.9. The Morgan fingerprint density at radius 2 is 0.746 bits per heavy atom. The number of aliphatic carboxylic acids is 1. The van der Waals surface area contributed by atoms with Gasteiger partial charge in [0.25, 0.3) is 0 Å². The first kappa shape index (κ1) is 49.1. The second-order valence-corrected chi connectivity index (χ2v) is 15.0. The fraction of sp³-hybridized carbons (Fsp3) is 0.408. The highest BCUT2D eigenvalue weighted by atomic mass is 16.6. The van der Waals surface area contributed by atoms with Gasteiger partial charge in [-0.25, -0.2) is 9.59 Å². The van der Waals surface area contributed by atoms with Crippen molar-refractivity contribution < 1.29 is 67.0 Å². The minimum absolute atomic E-state index is 0.0456. The summed E-state index contributed by atoms with van der Waals surface area (Å²) in [4.78, 5) is 61.9. The Bertz CT molecular complexity index is 1870. The molecule has 14 heteroatoms. The van der Waals surface area contributed by atoms with Crippen molar-refractivity contribution in [3.8, 4) is 34.5 Å². The maximum Gasteiger partial charge on any atom is 0.343 e. The number of ether oxygens (including phenoxy) is 8. The average molecular weight is 871 g/mol. The summed E-state index contributed by atoms with van der Waals surface area (Å²) < 4.78 is 44.1. The molecule has 0 spiro atoms. The second-order valence-electron chi connectivity index (χ2n) is 15.0. The van der Waals surface area contributed by atoms with Crippen LogP contribution in [0.1, 0.15) is 106 Å². The van der Waals surface area contributed by atoms with E-state index in [9.17, 15) is 29.1 Å². The Hall–Kier alpha value is -6.57. The predicted molar refractivity (Wildman–Crippen MR) is 233 cm³/mol. The number of benzene rings is 4. The van der Waals surface area contributed by atoms with E-state index >= 15 is 0 Å². The fourth-order valence-corrected chi connectivity index (χ4v) is 5.49. The topological polar surface area (TPSA) is 179 Å². The SMILES string of the molecule is CCCCOc1ccc(C(=O)Oc2ccc(OCCCCC(=O)OCC(C)(COC(=O)CCCCOc3ccc(OC(=O)c4ccc(OCCCC)cc4)cc3)C(=O)O)cc2)cc1. The molecule has 0 fully saturated rings. The lowest BCUT2D eigenvalue weighted by molar-refractivity contribution is -0.165. The van der Waals surface area contributed by atoms with Crippen molar-refractivity contribution in [3.05, 3.63) is 108 Å². The lowest BCUT2D eigenvalue weighted by atomic mass is 9.93. The molecule has 4 aromatic carbocycles. The van der Waals surface area contributed by atoms with Crippen molar-refractivity contribution in [1.82, 2.24) is 0 Å². The third-order valence-corrected chi connectivity index (χ3v) is 9.49. The first-order valence-electron chi connectivity index (χ1n) is 21.4. The van der Waals surface area contributed by atoms with Gasteiger partial charge in [0.1, 0.15) is 53.1 Å². The van der Waals surface area contributed by atoms with Crippen LogP contribution in [0.15, 0.2) is 97.1 Å². The number of rotatable bonds is 29. The van der Waals surface area contributed by atoms with Gasteiger partial charge < -0.3 is 43.0 Å². The highest BCUT2D eigenvalue weighted by molar-refractivity contribution is 5.91. The van der Waals surface area contributed by atoms with E-state index in [-0.39, 0.29) is 12.8 Å². The van der Waals surface area contributed by atoms with E-state index in [2.05, 4.69) is 13.8 Å². The third kappa shape index (κ3) is 18.1. The highest BCUT2D eigenvalue weighted by Gasteiger charge is 2.37. The summed E-state index contributed by atoms with van der Waals surface area (Å²) in [5.41, 5.74) is -0.830. The molecule has 0 aromatic heterocycles. The van der Waals surface area contributed by atoms with Gasteiger partial charge in [0.2, 0.25) is 0 Å². The molecular weight excluding hydrogens is 813 g/mol. The molecule has 0 saturated carbocycles. The molecule has 0 radical (unpaired) electrons. The zero-order chi connectivity index (χ0) is 45.3. The minimum atomic E-state index is -1.63. The van der Waals surface area contributed by atoms with E-state index in [0.29, 0.717) is 97.7 Å². The molecule has 1 N–H and O–H groups in total. The van der Waals surface area contributed by atoms with E-state index in [1.165, 1.54) is 6.92 Å². The predicted octanol–water partition coefficient (Wildman–Crippen LogP) is 9.46. The molecule has 4 rings (SSSR count). The van der Waals surface area contributed by atoms with Crippen LogP contribution in [0.2, 0.25) is 0 Å². The Balaban J connectivity index is 1.04. The van der Waals surface area contributed by atoms with Crippen molar-refractivity contribution >= 4 is 29.8 Å². The van der Waals surface area contributed by atoms with Crippen molar-refractivity contribution in [2.45, 2.75) is 85.0 Å². The van der Waals surface area contributed by atoms with Gasteiger partial charge in [-0.15, -0.1) is 0 Å². The van der Waals surface area contributed by atoms with Crippen molar-refractivity contribution in [3.63, 3.8) is 0 Å². The van der Waals surface area contributed by atoms with Gasteiger partial charge in [-0.3, -0.25) is 14.4 Å². The van der Waals surface area contributed by atoms with Gasteiger partial charge in [0.15, 0.2) is 0 Å². The van der Waals surface area contributed by atoms with Crippen LogP contribution in [0.5, 0.6) is 34.5 Å². The van der Waals surface area contributed by atoms with E-state index in [0.717, 1.165) is 25.7 Å². The summed E-state index contributed by atoms with van der Waals surface area (Å²) >= 11 is 0. The molecule has 0 aliphatic rings. The molecule has 63 heavy (non-hydrogen) atoms. The van der Waals surface area contributed by atoms with Gasteiger partial charge in [-0.1, -0.05) is 26.7 Å². The Kier molecular flexibility index (Phi) is 20.8. The first-order chi connectivity index (χ1) is 30.5. The van der Waals surface area contributed by atoms with Gasteiger partial charge in [-0.2, -0.15) is 0 Å². The number of unbranched alkanes of at least 4 members (excludes halogenated alkanes) is 4. The Morgan fingerprint density at radius 3 is 1.06 bits per heavy atom. The van der Waals surface area contributed by atoms with Gasteiger partial charge in [-0.05, 0) is 143 Å². The fourth-order valence-electron chi connectivity index (χ4n) is 5.49. The molecule has 0 unspecified atom stereocenters. The zero-order valence-electron chi connectivity index (χ0n) is 36.3. The lowest BCUT2D eigenvalue weighted by Crippen LogP contribution is -2.39. The van der Waals surface area contributed by atoms with Gasteiger partial charge in [0.05, 0.1) is 37.6 Å². The zero-order valence-corrected chi connectivity index (χ0v) is 36.3. The molecule has 0 amide bonds. The van der Waals surface area contributed by atoms with Crippen LogP contribution < -0.4 is 28.4 Å². The van der Waals surface area contributed by atoms with E-state index in [1.807, 2.05) is 0 Å². The quantitative estimate of drug-likeness (QED) is 0.0310. The molecule has 0 heterocycles. The number of hydrogen-bond donors (Lipinski definition) is 1. The number of esters is 4. The largest absolute Gasteiger partial charge is 0.494 e. The molecule has 14 nitrogen and oxygen atoms in total. The Labute approximate surface area is 368 Å². The van der Waals surface area contributed by atoms with Crippen LogP contribution in [-0.2, 0) is 23.9 Å². The number of carbonyl (C=O) groups is 5. The summed E-state index contributed by atoms with van der Waals surface area (Å²) in [5.74, 6) is -0.197. The average Bonchev–Trinajstić information content (AvgIpc) is 3.29. The molecule has 0 atom stereocenters. The third-order valence-electron chi connectivity index (χ3n) is 9.49. The maximum atomic E-state index is 12.5. The maximum absolute atomic E-state index is 12.5. The summed E-state index contributed by atoms with van der Waals surface area (Å²) in [6.07, 6.45) is 5.99. The number of hydrogen-bond acceptors (Lipinski definition) is 13. The summed E-state index contributed by atoms with van der Waals surface area (Å²) in [6.45, 7) is 6.46. The van der Waals surface area contributed by atoms with Crippen LogP contribution in [0.4, 0.5) is 0 Å². The lowest BCUT2D eigenvalue weighted by Gasteiger charge is -2.24. The monoisotopic (exact) mass is 870 g/mol. The van der Waals surface area contributed by atoms with E-state index in [1.54, 1.807) is 97.1 Å². The van der Waals surface area contributed by atoms with Gasteiger partial charge >= 0.3 is 29.8 Å². The second kappa shape index (κ2) is 26.7. The van der Waals surface area contributed by atoms with Crippen LogP contribution >= 0.6 is 0 Å². The highest BCUT2D eigenvalue weighted by Crippen LogP contribution is 2.23. The minimum Gasteiger partial charge on any atom is -0.494 e. The van der Waals surface area contributed by atoms with Crippen LogP contribution in [0, 0.1) is 5.41 Å². The van der Waals surface area contributed by atoms with Crippen molar-refractivity contribution in [1.29, 1.82) is 0 Å². The molecule has 0 saturated heterocycles. The summed E-state index contributed by atoms with van der Waals surface area (Å²) in [5, 5.41) is 9.80. The molecule has 0 bridgehead atoms. The Morgan fingerprint density at radius 1 is 0.444 bits per heavy atom. The van der Waals surface area contributed by atoms with Gasteiger partial charge in [0, 0.05) is 12.8 Å². The first-order valence-corrected chi connectivity index (χ1v) is 21.4. The number of carboxylic acids is 1. The molecule has 0 aliphatic heterocycles. The summed E-state index contributed by atoms with van der Waals surface area (Å²) in [6, 6.07) is 26.7. The standard InChI is InChI=1S/C49H58O14/c1-4-6-30-56-38-18-14-36(15-19-38)46(52)62-42-26-22-40(23-27-42)58-32-10-8-12-44(50)60-34-49(3,48(54)55)35-61-45(51)13-9-11-33-59-41-24-28-43(29-25-41)63-47(53)37-16-20-39(21-17-37)57-31-7-5-2/h14-29H,4-13,30-35H2,1-3H3,(H,54,55). The van der Waals surface area contributed by atoms with E-state index < -0.39 is 48.5 Å². The molecule has 4 aromatic rings. The van der Waals surface area contributed by atoms with E-state index in [4.69, 9.17) is 37.9 Å². The smallest absolute Gasteiger partial charge is 0.343 e. The molecular formula is C49H58O14. The number of carbonyl (C=O) groups excluding carboxylic acids is 4. The number of carboxylic acid groups (broad SMARTS) is 1.